The monoisotopic (exact) mass is 166 g/mol. The third kappa shape index (κ3) is 2.58. The topological polar surface area (TPSA) is 37.3 Å². The second kappa shape index (κ2) is 4.57. The van der Waals surface area contributed by atoms with Gasteiger partial charge in [-0.3, -0.25) is 0 Å². The van der Waals surface area contributed by atoms with Crippen molar-refractivity contribution in [2.24, 2.45) is 0 Å². The summed E-state index contributed by atoms with van der Waals surface area (Å²) in [6, 6.07) is 0. The average molecular weight is 166 g/mol. The molecule has 2 nitrogen and oxygen atoms in total. The largest absolute Gasteiger partial charge is 0.306 e. The van der Waals surface area contributed by atoms with Gasteiger partial charge in [0.05, 0.1) is 0 Å². The predicted molar refractivity (Wildman–Crippen MR) is 39.9 cm³/mol. The first kappa shape index (κ1) is 9.78. The molecule has 0 aromatic carbocycles. The summed E-state index contributed by atoms with van der Waals surface area (Å²) < 4.78 is 31.4. The highest BCUT2D eigenvalue weighted by molar-refractivity contribution is 7.80. The average Bonchev–Trinajstić information content (AvgIpc) is 1.88. The molecular weight excluding hydrogens is 155 g/mol. The SMILES string of the molecule is C=CC(C(F)CC)S(=O)O. The standard InChI is InChI=1S/C6H11FO2S/c1-3-5(7)6(4-2)10(8)9/h4-6H,2-3H2,1H3,(H,8,9). The lowest BCUT2D eigenvalue weighted by Crippen LogP contribution is -2.23. The molecular formula is C6H11FO2S. The van der Waals surface area contributed by atoms with Gasteiger partial charge in [-0.1, -0.05) is 13.0 Å². The molecule has 0 aliphatic rings. The van der Waals surface area contributed by atoms with Gasteiger partial charge in [0.15, 0.2) is 11.1 Å². The Bertz CT molecular complexity index is 138. The molecule has 0 radical (unpaired) electrons. The minimum Gasteiger partial charge on any atom is -0.306 e. The minimum atomic E-state index is -2.13. The van der Waals surface area contributed by atoms with Crippen molar-refractivity contribution in [2.75, 3.05) is 0 Å². The molecule has 3 unspecified atom stereocenters. The quantitative estimate of drug-likeness (QED) is 0.507. The first-order chi connectivity index (χ1) is 4.63. The Morgan fingerprint density at radius 1 is 1.90 bits per heavy atom. The molecule has 0 saturated carbocycles. The molecule has 10 heavy (non-hydrogen) atoms. The summed E-state index contributed by atoms with van der Waals surface area (Å²) >= 11 is -2.13. The van der Waals surface area contributed by atoms with Crippen LogP contribution in [0.15, 0.2) is 12.7 Å². The van der Waals surface area contributed by atoms with Crippen LogP contribution in [0.3, 0.4) is 0 Å². The van der Waals surface area contributed by atoms with E-state index in [9.17, 15) is 8.60 Å². The van der Waals surface area contributed by atoms with Crippen LogP contribution in [0.25, 0.3) is 0 Å². The van der Waals surface area contributed by atoms with Crippen LogP contribution in [0.5, 0.6) is 0 Å². The van der Waals surface area contributed by atoms with Crippen molar-refractivity contribution in [2.45, 2.75) is 24.8 Å². The maximum Gasteiger partial charge on any atom is 0.162 e. The fourth-order valence-corrected chi connectivity index (χ4v) is 1.20. The molecule has 3 atom stereocenters. The second-order valence-electron chi connectivity index (χ2n) is 1.90. The zero-order valence-electron chi connectivity index (χ0n) is 5.79. The molecule has 60 valence electrons. The van der Waals surface area contributed by atoms with Crippen LogP contribution >= 0.6 is 0 Å². The molecule has 0 aromatic rings. The molecule has 0 amide bonds. The minimum absolute atomic E-state index is 0.239. The van der Waals surface area contributed by atoms with Gasteiger partial charge in [-0.25, -0.2) is 8.60 Å². The van der Waals surface area contributed by atoms with E-state index in [-0.39, 0.29) is 6.42 Å². The fourth-order valence-electron chi connectivity index (χ4n) is 0.589. The number of alkyl halides is 1. The Morgan fingerprint density at radius 3 is 2.50 bits per heavy atom. The molecule has 0 fully saturated rings. The first-order valence-electron chi connectivity index (χ1n) is 2.99. The van der Waals surface area contributed by atoms with Crippen molar-refractivity contribution in [1.82, 2.24) is 0 Å². The zero-order valence-corrected chi connectivity index (χ0v) is 6.60. The van der Waals surface area contributed by atoms with Crippen LogP contribution in [0.4, 0.5) is 4.39 Å². The normalized spacial score (nSPS) is 19.5. The lowest BCUT2D eigenvalue weighted by molar-refractivity contribution is 0.326. The van der Waals surface area contributed by atoms with E-state index in [1.54, 1.807) is 6.92 Å². The summed E-state index contributed by atoms with van der Waals surface area (Å²) in [5.41, 5.74) is 0. The van der Waals surface area contributed by atoms with Gasteiger partial charge in [0.25, 0.3) is 0 Å². The summed E-state index contributed by atoms with van der Waals surface area (Å²) in [6.45, 7) is 4.88. The molecule has 0 saturated heterocycles. The molecule has 4 heteroatoms. The van der Waals surface area contributed by atoms with E-state index < -0.39 is 22.5 Å². The van der Waals surface area contributed by atoms with Gasteiger partial charge in [-0.15, -0.1) is 6.58 Å². The van der Waals surface area contributed by atoms with Crippen LogP contribution in [0.2, 0.25) is 0 Å². The van der Waals surface area contributed by atoms with Gasteiger partial charge in [-0.05, 0) is 6.42 Å². The van der Waals surface area contributed by atoms with Crippen molar-refractivity contribution in [1.29, 1.82) is 0 Å². The lowest BCUT2D eigenvalue weighted by atomic mass is 10.2. The molecule has 0 spiro atoms. The zero-order chi connectivity index (χ0) is 8.15. The van der Waals surface area contributed by atoms with E-state index in [0.717, 1.165) is 0 Å². The highest BCUT2D eigenvalue weighted by Gasteiger charge is 2.20. The van der Waals surface area contributed by atoms with E-state index in [1.807, 2.05) is 0 Å². The van der Waals surface area contributed by atoms with Crippen molar-refractivity contribution in [3.05, 3.63) is 12.7 Å². The van der Waals surface area contributed by atoms with E-state index >= 15 is 0 Å². The summed E-state index contributed by atoms with van der Waals surface area (Å²) in [7, 11) is 0. The Morgan fingerprint density at radius 2 is 2.40 bits per heavy atom. The highest BCUT2D eigenvalue weighted by atomic mass is 32.2. The third-order valence-corrected chi connectivity index (χ3v) is 2.17. The van der Waals surface area contributed by atoms with Crippen LogP contribution in [-0.2, 0) is 11.1 Å². The fraction of sp³-hybridized carbons (Fsp3) is 0.667. The van der Waals surface area contributed by atoms with Gasteiger partial charge in [0.2, 0.25) is 0 Å². The van der Waals surface area contributed by atoms with Crippen LogP contribution in [0, 0.1) is 0 Å². The molecule has 0 bridgehead atoms. The van der Waals surface area contributed by atoms with Crippen LogP contribution in [-0.4, -0.2) is 20.2 Å². The molecule has 1 N–H and O–H groups in total. The maximum absolute atomic E-state index is 12.6. The highest BCUT2D eigenvalue weighted by Crippen LogP contribution is 2.09. The number of rotatable bonds is 4. The number of hydrogen-bond acceptors (Lipinski definition) is 1. The van der Waals surface area contributed by atoms with E-state index in [0.29, 0.717) is 0 Å². The number of halogens is 1. The van der Waals surface area contributed by atoms with Gasteiger partial charge in [-0.2, -0.15) is 0 Å². The van der Waals surface area contributed by atoms with Gasteiger partial charge < -0.3 is 4.55 Å². The second-order valence-corrected chi connectivity index (χ2v) is 3.00. The smallest absolute Gasteiger partial charge is 0.162 e. The molecule has 0 aliphatic carbocycles. The molecule has 0 heterocycles. The van der Waals surface area contributed by atoms with Crippen molar-refractivity contribution in [3.63, 3.8) is 0 Å². The predicted octanol–water partition coefficient (Wildman–Crippen LogP) is 1.51. The number of hydrogen-bond donors (Lipinski definition) is 1. The lowest BCUT2D eigenvalue weighted by Gasteiger charge is -2.10. The molecule has 0 rings (SSSR count). The Labute approximate surface area is 62.4 Å². The third-order valence-electron chi connectivity index (χ3n) is 1.21. The molecule has 0 aromatic heterocycles. The molecule has 0 aliphatic heterocycles. The van der Waals surface area contributed by atoms with Crippen LogP contribution < -0.4 is 0 Å². The summed E-state index contributed by atoms with van der Waals surface area (Å²) in [5, 5.41) is -0.940. The van der Waals surface area contributed by atoms with Crippen molar-refractivity contribution >= 4 is 11.1 Å². The van der Waals surface area contributed by atoms with Crippen LogP contribution in [0.1, 0.15) is 13.3 Å². The first-order valence-corrected chi connectivity index (χ1v) is 4.16. The summed E-state index contributed by atoms with van der Waals surface area (Å²) in [6.07, 6.45) is 0.149. The van der Waals surface area contributed by atoms with E-state index in [1.165, 1.54) is 6.08 Å². The van der Waals surface area contributed by atoms with Gasteiger partial charge >= 0.3 is 0 Å². The van der Waals surface area contributed by atoms with Gasteiger partial charge in [0.1, 0.15) is 11.4 Å². The van der Waals surface area contributed by atoms with E-state index in [2.05, 4.69) is 6.58 Å². The summed E-state index contributed by atoms with van der Waals surface area (Å²) in [4.78, 5) is 0. The van der Waals surface area contributed by atoms with Crippen molar-refractivity contribution < 1.29 is 13.2 Å². The van der Waals surface area contributed by atoms with Crippen molar-refractivity contribution in [3.8, 4) is 0 Å². The summed E-state index contributed by atoms with van der Waals surface area (Å²) in [5.74, 6) is 0. The van der Waals surface area contributed by atoms with E-state index in [4.69, 9.17) is 4.55 Å². The Kier molecular flexibility index (Phi) is 4.47. The maximum atomic E-state index is 12.6. The Hall–Kier alpha value is -0.220. The van der Waals surface area contributed by atoms with Gasteiger partial charge in [0, 0.05) is 0 Å². The Balaban J connectivity index is 4.05.